The summed E-state index contributed by atoms with van der Waals surface area (Å²) in [6.45, 7) is -1.81. The van der Waals surface area contributed by atoms with E-state index >= 15 is 0 Å². The van der Waals surface area contributed by atoms with Gasteiger partial charge in [-0.05, 0) is 0 Å². The second-order valence-corrected chi connectivity index (χ2v) is 3.61. The van der Waals surface area contributed by atoms with Crippen LogP contribution in [0.2, 0.25) is 0 Å². The zero-order valence-corrected chi connectivity index (χ0v) is 8.49. The number of carbonyl (C=O) groups excluding carboxylic acids is 1. The molecule has 1 unspecified atom stereocenters. The van der Waals surface area contributed by atoms with Gasteiger partial charge in [-0.2, -0.15) is 8.78 Å². The van der Waals surface area contributed by atoms with E-state index in [0.717, 1.165) is 4.57 Å². The number of amides is 1. The number of aromatic nitrogens is 2. The summed E-state index contributed by atoms with van der Waals surface area (Å²) in [6, 6.07) is -0.00433. The third-order valence-corrected chi connectivity index (χ3v) is 2.49. The van der Waals surface area contributed by atoms with Crippen molar-refractivity contribution in [3.8, 4) is 0 Å². The molecule has 0 aliphatic carbocycles. The average Bonchev–Trinajstić information content (AvgIpc) is 2.83. The molecule has 1 saturated heterocycles. The molecular weight excluding hydrogens is 218 g/mol. The zero-order valence-electron chi connectivity index (χ0n) is 8.49. The van der Waals surface area contributed by atoms with Crippen LogP contribution in [0.15, 0.2) is 12.4 Å². The van der Waals surface area contributed by atoms with Crippen molar-refractivity contribution >= 4 is 5.91 Å². The normalized spacial score (nSPS) is 20.4. The first-order valence-corrected chi connectivity index (χ1v) is 4.97. The van der Waals surface area contributed by atoms with Crippen LogP contribution >= 0.6 is 0 Å². The molecule has 1 aromatic heterocycles. The van der Waals surface area contributed by atoms with E-state index in [-0.39, 0.29) is 24.3 Å². The highest BCUT2D eigenvalue weighted by molar-refractivity contribution is 5.78. The van der Waals surface area contributed by atoms with Crippen LogP contribution < -0.4 is 10.6 Å². The van der Waals surface area contributed by atoms with E-state index < -0.39 is 6.55 Å². The SMILES string of the molecule is O=C1CC(NCc2nccn2C(F)F)CN1. The summed E-state index contributed by atoms with van der Waals surface area (Å²) in [5.74, 6) is 0.254. The predicted molar refractivity (Wildman–Crippen MR) is 51.7 cm³/mol. The Morgan fingerprint density at radius 2 is 2.50 bits per heavy atom. The molecule has 1 atom stereocenters. The molecule has 88 valence electrons. The van der Waals surface area contributed by atoms with Crippen LogP contribution in [0.1, 0.15) is 18.8 Å². The quantitative estimate of drug-likeness (QED) is 0.779. The van der Waals surface area contributed by atoms with Gasteiger partial charge in [0.05, 0.1) is 6.54 Å². The molecule has 0 saturated carbocycles. The van der Waals surface area contributed by atoms with Crippen LogP contribution in [0.5, 0.6) is 0 Å². The van der Waals surface area contributed by atoms with Crippen LogP contribution in [-0.4, -0.2) is 28.0 Å². The van der Waals surface area contributed by atoms with Crippen molar-refractivity contribution in [2.24, 2.45) is 0 Å². The number of halogens is 2. The van der Waals surface area contributed by atoms with E-state index in [2.05, 4.69) is 15.6 Å². The smallest absolute Gasteiger partial charge is 0.319 e. The summed E-state index contributed by atoms with van der Waals surface area (Å²) in [7, 11) is 0. The van der Waals surface area contributed by atoms with E-state index in [9.17, 15) is 13.6 Å². The van der Waals surface area contributed by atoms with Gasteiger partial charge in [-0.1, -0.05) is 0 Å². The van der Waals surface area contributed by atoms with Crippen LogP contribution in [0.4, 0.5) is 8.78 Å². The molecule has 1 fully saturated rings. The second-order valence-electron chi connectivity index (χ2n) is 3.61. The van der Waals surface area contributed by atoms with E-state index in [1.54, 1.807) is 0 Å². The Morgan fingerprint density at radius 3 is 3.12 bits per heavy atom. The number of hydrogen-bond donors (Lipinski definition) is 2. The average molecular weight is 230 g/mol. The first-order chi connectivity index (χ1) is 7.66. The van der Waals surface area contributed by atoms with E-state index in [1.807, 2.05) is 0 Å². The van der Waals surface area contributed by atoms with Crippen molar-refractivity contribution in [2.45, 2.75) is 25.6 Å². The van der Waals surface area contributed by atoms with Crippen molar-refractivity contribution in [2.75, 3.05) is 6.54 Å². The van der Waals surface area contributed by atoms with Crippen LogP contribution in [0, 0.1) is 0 Å². The molecule has 2 rings (SSSR count). The molecule has 2 heterocycles. The largest absolute Gasteiger partial charge is 0.354 e. The number of nitrogens with one attached hydrogen (secondary N) is 2. The first-order valence-electron chi connectivity index (χ1n) is 4.97. The molecule has 0 radical (unpaired) electrons. The van der Waals surface area contributed by atoms with Gasteiger partial charge in [-0.3, -0.25) is 9.36 Å². The van der Waals surface area contributed by atoms with Gasteiger partial charge < -0.3 is 10.6 Å². The minimum Gasteiger partial charge on any atom is -0.354 e. The highest BCUT2D eigenvalue weighted by atomic mass is 19.3. The standard InChI is InChI=1S/C9H12F2N4O/c10-9(11)15-2-1-12-7(15)5-13-6-3-8(16)14-4-6/h1-2,6,9,13H,3-5H2,(H,14,16). The molecule has 7 heteroatoms. The lowest BCUT2D eigenvalue weighted by Gasteiger charge is -2.11. The molecule has 2 N–H and O–H groups in total. The lowest BCUT2D eigenvalue weighted by Crippen LogP contribution is -2.31. The zero-order chi connectivity index (χ0) is 11.5. The van der Waals surface area contributed by atoms with Crippen molar-refractivity contribution in [3.05, 3.63) is 18.2 Å². The Morgan fingerprint density at radius 1 is 1.69 bits per heavy atom. The van der Waals surface area contributed by atoms with Crippen molar-refractivity contribution in [1.82, 2.24) is 20.2 Å². The monoisotopic (exact) mass is 230 g/mol. The Kier molecular flexibility index (Phi) is 3.14. The number of rotatable bonds is 4. The molecule has 0 aromatic carbocycles. The van der Waals surface area contributed by atoms with Gasteiger partial charge in [0.1, 0.15) is 5.82 Å². The molecule has 16 heavy (non-hydrogen) atoms. The maximum absolute atomic E-state index is 12.5. The Labute approximate surface area is 90.8 Å². The Balaban J connectivity index is 1.89. The van der Waals surface area contributed by atoms with Crippen LogP contribution in [-0.2, 0) is 11.3 Å². The summed E-state index contributed by atoms with van der Waals surface area (Å²) in [4.78, 5) is 14.7. The number of alkyl halides is 2. The molecule has 1 aliphatic rings. The van der Waals surface area contributed by atoms with Gasteiger partial charge in [0.15, 0.2) is 0 Å². The van der Waals surface area contributed by atoms with Gasteiger partial charge in [-0.25, -0.2) is 4.98 Å². The van der Waals surface area contributed by atoms with Crippen LogP contribution in [0.25, 0.3) is 0 Å². The number of carbonyl (C=O) groups is 1. The number of hydrogen-bond acceptors (Lipinski definition) is 3. The van der Waals surface area contributed by atoms with Gasteiger partial charge in [0, 0.05) is 31.4 Å². The summed E-state index contributed by atoms with van der Waals surface area (Å²) >= 11 is 0. The summed E-state index contributed by atoms with van der Waals surface area (Å²) in [5, 5.41) is 5.67. The number of imidazole rings is 1. The summed E-state index contributed by atoms with van der Waals surface area (Å²) in [5.41, 5.74) is 0. The molecule has 0 spiro atoms. The lowest BCUT2D eigenvalue weighted by molar-refractivity contribution is -0.119. The maximum Gasteiger partial charge on any atom is 0.319 e. The van der Waals surface area contributed by atoms with E-state index in [0.29, 0.717) is 13.0 Å². The fraction of sp³-hybridized carbons (Fsp3) is 0.556. The third-order valence-electron chi connectivity index (χ3n) is 2.49. The van der Waals surface area contributed by atoms with Gasteiger partial charge >= 0.3 is 6.55 Å². The van der Waals surface area contributed by atoms with Gasteiger partial charge in [-0.15, -0.1) is 0 Å². The van der Waals surface area contributed by atoms with E-state index in [4.69, 9.17) is 0 Å². The Hall–Kier alpha value is -1.50. The van der Waals surface area contributed by atoms with Crippen LogP contribution in [0.3, 0.4) is 0 Å². The van der Waals surface area contributed by atoms with Crippen molar-refractivity contribution < 1.29 is 13.6 Å². The fourth-order valence-corrected chi connectivity index (χ4v) is 1.64. The molecular formula is C9H12F2N4O. The summed E-state index contributed by atoms with van der Waals surface area (Å²) < 4.78 is 25.7. The minimum atomic E-state index is -2.58. The van der Waals surface area contributed by atoms with Crippen molar-refractivity contribution in [3.63, 3.8) is 0 Å². The molecule has 5 nitrogen and oxygen atoms in total. The topological polar surface area (TPSA) is 59.0 Å². The minimum absolute atomic E-state index is 0.00433. The molecule has 1 amide bonds. The highest BCUT2D eigenvalue weighted by Crippen LogP contribution is 2.12. The molecule has 0 bridgehead atoms. The number of nitrogens with zero attached hydrogens (tertiary/aromatic N) is 2. The predicted octanol–water partition coefficient (Wildman–Crippen LogP) is 0.256. The molecule has 1 aromatic rings. The highest BCUT2D eigenvalue weighted by Gasteiger charge is 2.21. The second kappa shape index (κ2) is 4.56. The lowest BCUT2D eigenvalue weighted by atomic mass is 10.2. The summed E-state index contributed by atoms with van der Waals surface area (Å²) in [6.07, 6.45) is 2.95. The fourth-order valence-electron chi connectivity index (χ4n) is 1.64. The molecule has 1 aliphatic heterocycles. The first kappa shape index (κ1) is 11.0. The maximum atomic E-state index is 12.5. The van der Waals surface area contributed by atoms with E-state index in [1.165, 1.54) is 12.4 Å². The van der Waals surface area contributed by atoms with Crippen molar-refractivity contribution in [1.29, 1.82) is 0 Å². The third kappa shape index (κ3) is 2.35. The Bertz CT molecular complexity index is 379. The van der Waals surface area contributed by atoms with Gasteiger partial charge in [0.2, 0.25) is 5.91 Å². The van der Waals surface area contributed by atoms with Gasteiger partial charge in [0.25, 0.3) is 0 Å².